The molecule has 2 aromatic rings. The number of nitrogens with zero attached hydrogens (tertiary/aromatic N) is 3. The summed E-state index contributed by atoms with van der Waals surface area (Å²) < 4.78 is 15.0. The summed E-state index contributed by atoms with van der Waals surface area (Å²) in [6.45, 7) is 4.67. The molecule has 1 amide bonds. The van der Waals surface area contributed by atoms with Crippen molar-refractivity contribution in [3.05, 3.63) is 54.1 Å². The summed E-state index contributed by atoms with van der Waals surface area (Å²) in [6, 6.07) is 13.4. The number of hydrogen-bond acceptors (Lipinski definition) is 9. The monoisotopic (exact) mass is 484 g/mol. The third-order valence-electron chi connectivity index (χ3n) is 4.49. The zero-order valence-electron chi connectivity index (χ0n) is 20.9. The fraction of sp³-hybridized carbons (Fsp3) is 0.400. The molecule has 35 heavy (non-hydrogen) atoms. The number of carbonyl (C=O) groups is 3. The molecule has 0 aliphatic carbocycles. The molecule has 0 aliphatic rings. The van der Waals surface area contributed by atoms with Crippen LogP contribution >= 0.6 is 0 Å². The molecule has 0 saturated carbocycles. The number of methoxy groups -OCH3 is 1. The highest BCUT2D eigenvalue weighted by atomic mass is 16.6. The van der Waals surface area contributed by atoms with Gasteiger partial charge in [0.05, 0.1) is 24.9 Å². The van der Waals surface area contributed by atoms with E-state index < -0.39 is 36.3 Å². The molecular weight excluding hydrogens is 452 g/mol. The average Bonchev–Trinajstić information content (AvgIpc) is 2.79. The molecule has 2 rings (SSSR count). The van der Waals surface area contributed by atoms with E-state index in [1.807, 2.05) is 43.3 Å². The summed E-state index contributed by atoms with van der Waals surface area (Å²) in [7, 11) is 5.09. The zero-order chi connectivity index (χ0) is 26.0. The Morgan fingerprint density at radius 3 is 2.26 bits per heavy atom. The van der Waals surface area contributed by atoms with Crippen molar-refractivity contribution in [3.63, 3.8) is 0 Å². The molecule has 0 aliphatic heterocycles. The number of rotatable bonds is 9. The van der Waals surface area contributed by atoms with Gasteiger partial charge in [-0.05, 0) is 62.7 Å². The Labute approximate surface area is 205 Å². The van der Waals surface area contributed by atoms with E-state index in [0.717, 1.165) is 5.69 Å². The Hall–Kier alpha value is -3.95. The van der Waals surface area contributed by atoms with Crippen molar-refractivity contribution >= 4 is 35.1 Å². The van der Waals surface area contributed by atoms with Crippen LogP contribution in [-0.4, -0.2) is 57.5 Å². The molecule has 2 aromatic carbocycles. The molecule has 0 aromatic heterocycles. The van der Waals surface area contributed by atoms with Gasteiger partial charge in [0, 0.05) is 19.8 Å². The van der Waals surface area contributed by atoms with Crippen molar-refractivity contribution in [3.8, 4) is 0 Å². The lowest BCUT2D eigenvalue weighted by molar-refractivity contribution is -0.150. The van der Waals surface area contributed by atoms with E-state index in [1.54, 1.807) is 45.0 Å². The molecule has 10 heteroatoms. The normalized spacial score (nSPS) is 12.1. The van der Waals surface area contributed by atoms with Gasteiger partial charge in [-0.3, -0.25) is 4.79 Å². The van der Waals surface area contributed by atoms with Crippen molar-refractivity contribution in [1.82, 2.24) is 5.32 Å². The molecule has 0 bridgehead atoms. The highest BCUT2D eigenvalue weighted by molar-refractivity contribution is 5.82. The second kappa shape index (κ2) is 12.5. The number of anilines is 1. The van der Waals surface area contributed by atoms with Crippen LogP contribution in [0.3, 0.4) is 0 Å². The largest absolute Gasteiger partial charge is 0.467 e. The van der Waals surface area contributed by atoms with E-state index in [4.69, 9.17) is 9.47 Å². The molecule has 0 radical (unpaired) electrons. The van der Waals surface area contributed by atoms with Crippen LogP contribution in [0.2, 0.25) is 0 Å². The first kappa shape index (κ1) is 27.3. The maximum Gasteiger partial charge on any atom is 0.408 e. The molecular formula is C25H32N4O6. The first-order valence-electron chi connectivity index (χ1n) is 11.0. The van der Waals surface area contributed by atoms with E-state index >= 15 is 0 Å². The van der Waals surface area contributed by atoms with Crippen LogP contribution in [0.15, 0.2) is 58.8 Å². The molecule has 188 valence electrons. The van der Waals surface area contributed by atoms with E-state index in [9.17, 15) is 14.4 Å². The molecule has 0 saturated heterocycles. The number of amides is 1. The van der Waals surface area contributed by atoms with E-state index in [-0.39, 0.29) is 6.42 Å². The smallest absolute Gasteiger partial charge is 0.408 e. The van der Waals surface area contributed by atoms with Gasteiger partial charge in [0.2, 0.25) is 0 Å². The minimum atomic E-state index is -1.20. The zero-order valence-corrected chi connectivity index (χ0v) is 20.9. The average molecular weight is 485 g/mol. The van der Waals surface area contributed by atoms with Crippen molar-refractivity contribution in [2.24, 2.45) is 10.2 Å². The summed E-state index contributed by atoms with van der Waals surface area (Å²) in [6.07, 6.45) is -0.875. The maximum atomic E-state index is 12.3. The minimum absolute atomic E-state index is 0.0543. The Kier molecular flexibility index (Phi) is 9.74. The highest BCUT2D eigenvalue weighted by Crippen LogP contribution is 2.22. The van der Waals surface area contributed by atoms with Gasteiger partial charge in [0.25, 0.3) is 0 Å². The highest BCUT2D eigenvalue weighted by Gasteiger charge is 2.26. The molecule has 0 spiro atoms. The molecule has 0 heterocycles. The number of hydrogen-bond donors (Lipinski definition) is 1. The van der Waals surface area contributed by atoms with Gasteiger partial charge in [-0.1, -0.05) is 12.1 Å². The first-order valence-corrected chi connectivity index (χ1v) is 11.0. The van der Waals surface area contributed by atoms with Crippen LogP contribution in [0, 0.1) is 0 Å². The van der Waals surface area contributed by atoms with Gasteiger partial charge in [-0.25, -0.2) is 9.59 Å². The predicted octanol–water partition coefficient (Wildman–Crippen LogP) is 4.32. The Morgan fingerprint density at radius 2 is 1.66 bits per heavy atom. The van der Waals surface area contributed by atoms with Gasteiger partial charge < -0.3 is 24.4 Å². The molecule has 0 fully saturated rings. The number of benzene rings is 2. The Balaban J connectivity index is 1.95. The van der Waals surface area contributed by atoms with E-state index in [1.165, 1.54) is 7.11 Å². The van der Waals surface area contributed by atoms with Gasteiger partial charge in [0.1, 0.15) is 12.2 Å². The fourth-order valence-corrected chi connectivity index (χ4v) is 2.82. The lowest BCUT2D eigenvalue weighted by atomic mass is 10.1. The summed E-state index contributed by atoms with van der Waals surface area (Å²) >= 11 is 0. The lowest BCUT2D eigenvalue weighted by Crippen LogP contribution is -2.47. The summed E-state index contributed by atoms with van der Waals surface area (Å²) in [4.78, 5) is 38.3. The number of alkyl carbamates (subject to hydrolysis) is 1. The van der Waals surface area contributed by atoms with Crippen LogP contribution < -0.4 is 10.2 Å². The number of ether oxygens (including phenoxy) is 3. The number of nitrogens with one attached hydrogen (secondary N) is 1. The standard InChI is InChI=1S/C25H32N4O6/c1-25(2,3)35-24(32)26-21(23(31)33-6)16-34-22(30)15-17-8-7-9-19(14-17)28-27-18-10-12-20(13-11-18)29(4)5/h7-14,21H,15-16H2,1-6H3,(H,26,32). The minimum Gasteiger partial charge on any atom is -0.467 e. The Bertz CT molecular complexity index is 1040. The van der Waals surface area contributed by atoms with E-state index in [2.05, 4.69) is 20.3 Å². The summed E-state index contributed by atoms with van der Waals surface area (Å²) in [5.74, 6) is -1.34. The van der Waals surface area contributed by atoms with Crippen molar-refractivity contribution in [2.45, 2.75) is 38.8 Å². The topological polar surface area (TPSA) is 119 Å². The van der Waals surface area contributed by atoms with Gasteiger partial charge >= 0.3 is 18.0 Å². The van der Waals surface area contributed by atoms with Crippen molar-refractivity contribution in [2.75, 3.05) is 32.7 Å². The molecule has 10 nitrogen and oxygen atoms in total. The third kappa shape index (κ3) is 9.83. The Morgan fingerprint density at radius 1 is 1.00 bits per heavy atom. The van der Waals surface area contributed by atoms with Crippen LogP contribution in [0.25, 0.3) is 0 Å². The SMILES string of the molecule is COC(=O)C(COC(=O)Cc1cccc(N=Nc2ccc(N(C)C)cc2)c1)NC(=O)OC(C)(C)C. The second-order valence-corrected chi connectivity index (χ2v) is 8.86. The summed E-state index contributed by atoms with van der Waals surface area (Å²) in [5.41, 5.74) is 2.24. The second-order valence-electron chi connectivity index (χ2n) is 8.86. The summed E-state index contributed by atoms with van der Waals surface area (Å²) in [5, 5.41) is 10.8. The van der Waals surface area contributed by atoms with Crippen molar-refractivity contribution in [1.29, 1.82) is 0 Å². The number of esters is 2. The lowest BCUT2D eigenvalue weighted by Gasteiger charge is -2.22. The maximum absolute atomic E-state index is 12.3. The molecule has 1 N–H and O–H groups in total. The first-order chi connectivity index (χ1) is 16.5. The molecule has 1 atom stereocenters. The number of azo groups is 1. The van der Waals surface area contributed by atoms with E-state index in [0.29, 0.717) is 16.9 Å². The van der Waals surface area contributed by atoms with Crippen LogP contribution in [0.1, 0.15) is 26.3 Å². The van der Waals surface area contributed by atoms with Gasteiger partial charge in [-0.2, -0.15) is 10.2 Å². The van der Waals surface area contributed by atoms with Crippen LogP contribution in [0.5, 0.6) is 0 Å². The van der Waals surface area contributed by atoms with Crippen LogP contribution in [0.4, 0.5) is 21.9 Å². The van der Waals surface area contributed by atoms with Gasteiger partial charge in [0.15, 0.2) is 6.04 Å². The molecule has 1 unspecified atom stereocenters. The quantitative estimate of drug-likeness (QED) is 0.320. The number of carbonyl (C=O) groups excluding carboxylic acids is 3. The third-order valence-corrected chi connectivity index (χ3v) is 4.49. The van der Waals surface area contributed by atoms with Crippen molar-refractivity contribution < 1.29 is 28.6 Å². The van der Waals surface area contributed by atoms with Crippen LogP contribution in [-0.2, 0) is 30.2 Å². The fourth-order valence-electron chi connectivity index (χ4n) is 2.82. The van der Waals surface area contributed by atoms with Gasteiger partial charge in [-0.15, -0.1) is 0 Å². The predicted molar refractivity (Wildman–Crippen MR) is 131 cm³/mol.